The van der Waals surface area contributed by atoms with E-state index in [1.54, 1.807) is 0 Å². The molecule has 0 bridgehead atoms. The lowest BCUT2D eigenvalue weighted by Crippen LogP contribution is -2.18. The molecule has 6 nitrogen and oxygen atoms in total. The first-order valence-electron chi connectivity index (χ1n) is 8.78. The number of anilines is 2. The molecule has 0 spiro atoms. The van der Waals surface area contributed by atoms with E-state index in [2.05, 4.69) is 10.6 Å². The number of fused-ring (bicyclic) bond motifs is 1. The Bertz CT molecular complexity index is 794. The number of hydrogen-bond donors (Lipinski definition) is 3. The molecular weight excluding hydrogens is 366 g/mol. The molecule has 4 N–H and O–H groups in total. The summed E-state index contributed by atoms with van der Waals surface area (Å²) in [7, 11) is 0. The summed E-state index contributed by atoms with van der Waals surface area (Å²) in [4.78, 5) is 23.3. The summed E-state index contributed by atoms with van der Waals surface area (Å²) in [6.07, 6.45) is 2.24. The van der Waals surface area contributed by atoms with Crippen molar-refractivity contribution in [3.05, 3.63) is 53.6 Å². The highest BCUT2D eigenvalue weighted by molar-refractivity contribution is 5.94. The van der Waals surface area contributed by atoms with Crippen LogP contribution in [0.25, 0.3) is 0 Å². The molecule has 144 valence electrons. The molecule has 2 amide bonds. The van der Waals surface area contributed by atoms with Crippen LogP contribution in [-0.2, 0) is 22.6 Å². The molecule has 1 aliphatic rings. The summed E-state index contributed by atoms with van der Waals surface area (Å²) in [6.45, 7) is 0.950. The molecular formula is C20H24ClN3O3. The Hall–Kier alpha value is -2.57. The van der Waals surface area contributed by atoms with Gasteiger partial charge in [0.25, 0.3) is 0 Å². The van der Waals surface area contributed by atoms with Crippen LogP contribution < -0.4 is 21.1 Å². The van der Waals surface area contributed by atoms with Crippen molar-refractivity contribution in [2.24, 2.45) is 5.73 Å². The Labute approximate surface area is 164 Å². The van der Waals surface area contributed by atoms with Crippen molar-refractivity contribution in [1.82, 2.24) is 0 Å². The zero-order valence-electron chi connectivity index (χ0n) is 15.0. The Morgan fingerprint density at radius 1 is 1.15 bits per heavy atom. The van der Waals surface area contributed by atoms with E-state index in [-0.39, 0.29) is 24.2 Å². The highest BCUT2D eigenvalue weighted by Gasteiger charge is 2.15. The number of ether oxygens (including phenoxy) is 1. The average Bonchev–Trinajstić information content (AvgIpc) is 2.66. The first-order chi connectivity index (χ1) is 12.6. The van der Waals surface area contributed by atoms with Crippen LogP contribution in [0.5, 0.6) is 5.75 Å². The van der Waals surface area contributed by atoms with Crippen LogP contribution in [0.3, 0.4) is 0 Å². The molecule has 27 heavy (non-hydrogen) atoms. The van der Waals surface area contributed by atoms with Gasteiger partial charge in [0.2, 0.25) is 11.8 Å². The Balaban J connectivity index is 0.00000261. The Kier molecular flexibility index (Phi) is 7.64. The van der Waals surface area contributed by atoms with Gasteiger partial charge in [0.1, 0.15) is 5.75 Å². The molecule has 0 fully saturated rings. The Morgan fingerprint density at radius 3 is 2.67 bits per heavy atom. The van der Waals surface area contributed by atoms with Crippen molar-refractivity contribution in [3.63, 3.8) is 0 Å². The standard InChI is InChI=1S/C20H23N3O3.ClH/c21-13-14-3-6-16(7-4-14)22-19(24)2-1-11-26-17-8-9-18-15(12-17)5-10-20(25)23-18;/h3-4,6-9,12H,1-2,5,10-11,13,21H2,(H,22,24)(H,23,25);1H. The molecule has 0 saturated heterocycles. The number of benzene rings is 2. The third kappa shape index (κ3) is 5.98. The SMILES string of the molecule is Cl.NCc1ccc(NC(=O)CCCOc2ccc3c(c2)CCC(=O)N3)cc1. The van der Waals surface area contributed by atoms with Gasteiger partial charge in [0, 0.05) is 30.8 Å². The smallest absolute Gasteiger partial charge is 0.224 e. The van der Waals surface area contributed by atoms with Gasteiger partial charge in [-0.25, -0.2) is 0 Å². The number of halogens is 1. The molecule has 1 heterocycles. The molecule has 0 atom stereocenters. The lowest BCUT2D eigenvalue weighted by Gasteiger charge is -2.17. The minimum Gasteiger partial charge on any atom is -0.494 e. The molecule has 2 aromatic rings. The second kappa shape index (κ2) is 9.94. The van der Waals surface area contributed by atoms with Crippen molar-refractivity contribution in [3.8, 4) is 5.75 Å². The molecule has 0 saturated carbocycles. The van der Waals surface area contributed by atoms with E-state index in [4.69, 9.17) is 10.5 Å². The van der Waals surface area contributed by atoms with Gasteiger partial charge in [-0.2, -0.15) is 0 Å². The van der Waals surface area contributed by atoms with E-state index in [1.807, 2.05) is 42.5 Å². The molecule has 3 rings (SSSR count). The quantitative estimate of drug-likeness (QED) is 0.633. The maximum Gasteiger partial charge on any atom is 0.224 e. The summed E-state index contributed by atoms with van der Waals surface area (Å²) in [6, 6.07) is 13.1. The van der Waals surface area contributed by atoms with Crippen LogP contribution in [-0.4, -0.2) is 18.4 Å². The van der Waals surface area contributed by atoms with Crippen molar-refractivity contribution < 1.29 is 14.3 Å². The first kappa shape index (κ1) is 20.7. The minimum atomic E-state index is -0.0396. The highest BCUT2D eigenvalue weighted by atomic mass is 35.5. The summed E-state index contributed by atoms with van der Waals surface area (Å²) in [5.41, 5.74) is 9.29. The maximum absolute atomic E-state index is 12.0. The van der Waals surface area contributed by atoms with Crippen LogP contribution in [0, 0.1) is 0 Å². The molecule has 0 aliphatic carbocycles. The molecule has 0 unspecified atom stereocenters. The number of nitrogens with two attached hydrogens (primary N) is 1. The molecule has 7 heteroatoms. The van der Waals surface area contributed by atoms with E-state index in [1.165, 1.54) is 0 Å². The zero-order valence-corrected chi connectivity index (χ0v) is 15.8. The minimum absolute atomic E-state index is 0. The number of nitrogens with one attached hydrogen (secondary N) is 2. The van der Waals surface area contributed by atoms with E-state index < -0.39 is 0 Å². The van der Waals surface area contributed by atoms with Gasteiger partial charge in [-0.3, -0.25) is 9.59 Å². The van der Waals surface area contributed by atoms with Crippen molar-refractivity contribution >= 4 is 35.6 Å². The fourth-order valence-electron chi connectivity index (χ4n) is 2.82. The summed E-state index contributed by atoms with van der Waals surface area (Å²) >= 11 is 0. The fraction of sp³-hybridized carbons (Fsp3) is 0.300. The van der Waals surface area contributed by atoms with E-state index in [0.717, 1.165) is 34.7 Å². The normalized spacial score (nSPS) is 12.4. The van der Waals surface area contributed by atoms with Crippen LogP contribution in [0.1, 0.15) is 30.4 Å². The summed E-state index contributed by atoms with van der Waals surface area (Å²) in [5, 5.41) is 5.71. The number of carbonyl (C=O) groups is 2. The maximum atomic E-state index is 12.0. The van der Waals surface area contributed by atoms with Gasteiger partial charge >= 0.3 is 0 Å². The van der Waals surface area contributed by atoms with Crippen molar-refractivity contribution in [1.29, 1.82) is 0 Å². The monoisotopic (exact) mass is 389 g/mol. The van der Waals surface area contributed by atoms with Crippen LogP contribution in [0.4, 0.5) is 11.4 Å². The molecule has 0 radical (unpaired) electrons. The van der Waals surface area contributed by atoms with Crippen LogP contribution in [0.2, 0.25) is 0 Å². The molecule has 1 aliphatic heterocycles. The largest absolute Gasteiger partial charge is 0.494 e. The zero-order chi connectivity index (χ0) is 18.4. The van der Waals surface area contributed by atoms with Crippen molar-refractivity contribution in [2.75, 3.05) is 17.2 Å². The summed E-state index contributed by atoms with van der Waals surface area (Å²) < 4.78 is 5.72. The van der Waals surface area contributed by atoms with Gasteiger partial charge in [0.15, 0.2) is 0 Å². The van der Waals surface area contributed by atoms with E-state index in [9.17, 15) is 9.59 Å². The number of carbonyl (C=O) groups excluding carboxylic acids is 2. The second-order valence-electron chi connectivity index (χ2n) is 6.27. The second-order valence-corrected chi connectivity index (χ2v) is 6.27. The van der Waals surface area contributed by atoms with Gasteiger partial charge in [0.05, 0.1) is 6.61 Å². The number of hydrogen-bond acceptors (Lipinski definition) is 4. The average molecular weight is 390 g/mol. The predicted molar refractivity (Wildman–Crippen MR) is 108 cm³/mol. The molecule has 0 aromatic heterocycles. The predicted octanol–water partition coefficient (Wildman–Crippen LogP) is 3.25. The van der Waals surface area contributed by atoms with Gasteiger partial charge in [-0.05, 0) is 54.3 Å². The van der Waals surface area contributed by atoms with E-state index in [0.29, 0.717) is 32.4 Å². The third-order valence-corrected chi connectivity index (χ3v) is 4.26. The fourth-order valence-corrected chi connectivity index (χ4v) is 2.82. The number of amides is 2. The van der Waals surface area contributed by atoms with Gasteiger partial charge < -0.3 is 21.1 Å². The van der Waals surface area contributed by atoms with Crippen molar-refractivity contribution in [2.45, 2.75) is 32.2 Å². The van der Waals surface area contributed by atoms with Gasteiger partial charge in [-0.15, -0.1) is 12.4 Å². The Morgan fingerprint density at radius 2 is 1.93 bits per heavy atom. The highest BCUT2D eigenvalue weighted by Crippen LogP contribution is 2.26. The third-order valence-electron chi connectivity index (χ3n) is 4.26. The topological polar surface area (TPSA) is 93.4 Å². The lowest BCUT2D eigenvalue weighted by atomic mass is 10.0. The number of aryl methyl sites for hydroxylation is 1. The van der Waals surface area contributed by atoms with Gasteiger partial charge in [-0.1, -0.05) is 12.1 Å². The van der Waals surface area contributed by atoms with Crippen LogP contribution >= 0.6 is 12.4 Å². The first-order valence-corrected chi connectivity index (χ1v) is 8.78. The molecule has 2 aromatic carbocycles. The summed E-state index contributed by atoms with van der Waals surface area (Å²) in [5.74, 6) is 0.773. The number of rotatable bonds is 7. The van der Waals surface area contributed by atoms with Crippen LogP contribution in [0.15, 0.2) is 42.5 Å². The lowest BCUT2D eigenvalue weighted by molar-refractivity contribution is -0.117. The van der Waals surface area contributed by atoms with E-state index >= 15 is 0 Å².